The van der Waals surface area contributed by atoms with E-state index in [0.29, 0.717) is 11.8 Å². The number of rotatable bonds is 2. The minimum atomic E-state index is 0.434. The van der Waals surface area contributed by atoms with Gasteiger partial charge in [0.15, 0.2) is 0 Å². The molecule has 1 atom stereocenters. The quantitative estimate of drug-likeness (QED) is 0.826. The number of phenols is 1. The standard InChI is InChI=1S/C14H21NO/c1-11-6-7-14(16)13(9-11)10-15-8-4-3-5-12(15)2/h6-7,9,12,16H,3-5,8,10H2,1-2H3. The van der Waals surface area contributed by atoms with Gasteiger partial charge in [0, 0.05) is 18.2 Å². The van der Waals surface area contributed by atoms with Gasteiger partial charge in [0.2, 0.25) is 0 Å². The van der Waals surface area contributed by atoms with Crippen molar-refractivity contribution in [3.8, 4) is 5.75 Å². The Kier molecular flexibility index (Phi) is 3.49. The second-order valence-electron chi connectivity index (χ2n) is 4.95. The number of aromatic hydroxyl groups is 1. The predicted molar refractivity (Wildman–Crippen MR) is 66.6 cm³/mol. The Hall–Kier alpha value is -1.02. The topological polar surface area (TPSA) is 23.5 Å². The summed E-state index contributed by atoms with van der Waals surface area (Å²) in [4.78, 5) is 2.47. The number of nitrogens with zero attached hydrogens (tertiary/aromatic N) is 1. The number of hydrogen-bond donors (Lipinski definition) is 1. The van der Waals surface area contributed by atoms with Crippen LogP contribution in [0, 0.1) is 6.92 Å². The molecule has 0 amide bonds. The highest BCUT2D eigenvalue weighted by Crippen LogP contribution is 2.24. The fraction of sp³-hybridized carbons (Fsp3) is 0.571. The molecule has 1 N–H and O–H groups in total. The summed E-state index contributed by atoms with van der Waals surface area (Å²) in [5, 5.41) is 9.83. The largest absolute Gasteiger partial charge is 0.508 e. The molecular formula is C14H21NO. The van der Waals surface area contributed by atoms with E-state index >= 15 is 0 Å². The fourth-order valence-corrected chi connectivity index (χ4v) is 2.45. The third-order valence-electron chi connectivity index (χ3n) is 3.55. The van der Waals surface area contributed by atoms with Crippen LogP contribution >= 0.6 is 0 Å². The molecule has 2 heteroatoms. The van der Waals surface area contributed by atoms with Gasteiger partial charge in [-0.05, 0) is 39.3 Å². The zero-order chi connectivity index (χ0) is 11.5. The molecule has 1 heterocycles. The molecule has 0 saturated carbocycles. The first-order valence-corrected chi connectivity index (χ1v) is 6.19. The number of likely N-dealkylation sites (tertiary alicyclic amines) is 1. The highest BCUT2D eigenvalue weighted by molar-refractivity contribution is 5.35. The molecule has 2 nitrogen and oxygen atoms in total. The van der Waals surface area contributed by atoms with Crippen LogP contribution in [-0.2, 0) is 6.54 Å². The predicted octanol–water partition coefficient (Wildman–Crippen LogP) is 3.08. The molecule has 1 unspecified atom stereocenters. The van der Waals surface area contributed by atoms with Crippen molar-refractivity contribution in [1.82, 2.24) is 4.90 Å². The van der Waals surface area contributed by atoms with Crippen molar-refractivity contribution in [2.45, 2.75) is 45.7 Å². The Balaban J connectivity index is 2.10. The molecule has 1 fully saturated rings. The summed E-state index contributed by atoms with van der Waals surface area (Å²) in [6.07, 6.45) is 3.92. The van der Waals surface area contributed by atoms with E-state index in [-0.39, 0.29) is 0 Å². The third kappa shape index (κ3) is 2.56. The van der Waals surface area contributed by atoms with E-state index in [9.17, 15) is 5.11 Å². The lowest BCUT2D eigenvalue weighted by Gasteiger charge is -2.33. The van der Waals surface area contributed by atoms with E-state index in [1.165, 1.54) is 24.8 Å². The van der Waals surface area contributed by atoms with Crippen LogP contribution in [0.4, 0.5) is 0 Å². The van der Waals surface area contributed by atoms with Crippen LogP contribution in [0.2, 0.25) is 0 Å². The summed E-state index contributed by atoms with van der Waals surface area (Å²) < 4.78 is 0. The van der Waals surface area contributed by atoms with Gasteiger partial charge in [-0.25, -0.2) is 0 Å². The zero-order valence-corrected chi connectivity index (χ0v) is 10.2. The van der Waals surface area contributed by atoms with Gasteiger partial charge in [-0.3, -0.25) is 4.90 Å². The van der Waals surface area contributed by atoms with Crippen LogP contribution in [0.3, 0.4) is 0 Å². The molecule has 1 aliphatic heterocycles. The molecule has 1 aromatic rings. The first-order chi connectivity index (χ1) is 7.66. The highest BCUT2D eigenvalue weighted by Gasteiger charge is 2.19. The Morgan fingerprint density at radius 3 is 2.94 bits per heavy atom. The van der Waals surface area contributed by atoms with Gasteiger partial charge in [0.05, 0.1) is 0 Å². The van der Waals surface area contributed by atoms with Crippen molar-refractivity contribution < 1.29 is 5.11 Å². The lowest BCUT2D eigenvalue weighted by Crippen LogP contribution is -2.36. The van der Waals surface area contributed by atoms with Gasteiger partial charge in [-0.15, -0.1) is 0 Å². The first kappa shape index (κ1) is 11.5. The molecule has 0 bridgehead atoms. The van der Waals surface area contributed by atoms with Crippen LogP contribution in [0.5, 0.6) is 5.75 Å². The second kappa shape index (κ2) is 4.88. The van der Waals surface area contributed by atoms with Crippen LogP contribution in [0.15, 0.2) is 18.2 Å². The minimum absolute atomic E-state index is 0.434. The summed E-state index contributed by atoms with van der Waals surface area (Å²) in [5.74, 6) is 0.434. The van der Waals surface area contributed by atoms with Crippen LogP contribution in [0.1, 0.15) is 37.3 Å². The smallest absolute Gasteiger partial charge is 0.120 e. The van der Waals surface area contributed by atoms with E-state index in [4.69, 9.17) is 0 Å². The van der Waals surface area contributed by atoms with Crippen LogP contribution < -0.4 is 0 Å². The van der Waals surface area contributed by atoms with Gasteiger partial charge in [-0.1, -0.05) is 24.1 Å². The fourth-order valence-electron chi connectivity index (χ4n) is 2.45. The molecule has 0 radical (unpaired) electrons. The van der Waals surface area contributed by atoms with Crippen molar-refractivity contribution in [1.29, 1.82) is 0 Å². The molecule has 0 aliphatic carbocycles. The van der Waals surface area contributed by atoms with Crippen molar-refractivity contribution in [2.75, 3.05) is 6.54 Å². The number of benzene rings is 1. The van der Waals surface area contributed by atoms with Crippen LogP contribution in [0.25, 0.3) is 0 Å². The van der Waals surface area contributed by atoms with E-state index in [0.717, 1.165) is 18.7 Å². The minimum Gasteiger partial charge on any atom is -0.508 e. The maximum Gasteiger partial charge on any atom is 0.120 e. The van der Waals surface area contributed by atoms with Crippen molar-refractivity contribution in [3.63, 3.8) is 0 Å². The number of aryl methyl sites for hydroxylation is 1. The van der Waals surface area contributed by atoms with Gasteiger partial charge in [0.25, 0.3) is 0 Å². The molecule has 0 aromatic heterocycles. The Bertz CT molecular complexity index is 362. The SMILES string of the molecule is Cc1ccc(O)c(CN2CCCCC2C)c1. The van der Waals surface area contributed by atoms with Gasteiger partial charge >= 0.3 is 0 Å². The second-order valence-corrected chi connectivity index (χ2v) is 4.95. The monoisotopic (exact) mass is 219 g/mol. The number of hydrogen-bond acceptors (Lipinski definition) is 2. The molecule has 1 aromatic carbocycles. The van der Waals surface area contributed by atoms with Crippen molar-refractivity contribution in [2.24, 2.45) is 0 Å². The van der Waals surface area contributed by atoms with Gasteiger partial charge in [-0.2, -0.15) is 0 Å². The lowest BCUT2D eigenvalue weighted by atomic mass is 10.0. The van der Waals surface area contributed by atoms with E-state index in [1.54, 1.807) is 6.07 Å². The van der Waals surface area contributed by atoms with E-state index in [1.807, 2.05) is 6.07 Å². The summed E-state index contributed by atoms with van der Waals surface area (Å²) in [6.45, 7) is 6.40. The summed E-state index contributed by atoms with van der Waals surface area (Å²) >= 11 is 0. The molecule has 88 valence electrons. The summed E-state index contributed by atoms with van der Waals surface area (Å²) in [6, 6.07) is 6.50. The molecule has 16 heavy (non-hydrogen) atoms. The molecule has 1 saturated heterocycles. The number of phenolic OH excluding ortho intramolecular Hbond substituents is 1. The van der Waals surface area contributed by atoms with Gasteiger partial charge < -0.3 is 5.11 Å². The summed E-state index contributed by atoms with van der Waals surface area (Å²) in [5.41, 5.74) is 2.28. The molecule has 0 spiro atoms. The average molecular weight is 219 g/mol. The first-order valence-electron chi connectivity index (χ1n) is 6.19. The van der Waals surface area contributed by atoms with Crippen LogP contribution in [-0.4, -0.2) is 22.6 Å². The maximum absolute atomic E-state index is 9.83. The molecule has 1 aliphatic rings. The average Bonchev–Trinajstić information content (AvgIpc) is 2.27. The lowest BCUT2D eigenvalue weighted by molar-refractivity contribution is 0.151. The van der Waals surface area contributed by atoms with E-state index in [2.05, 4.69) is 24.8 Å². The van der Waals surface area contributed by atoms with Crippen molar-refractivity contribution in [3.05, 3.63) is 29.3 Å². The zero-order valence-electron chi connectivity index (χ0n) is 10.2. The van der Waals surface area contributed by atoms with Crippen molar-refractivity contribution >= 4 is 0 Å². The Morgan fingerprint density at radius 1 is 1.38 bits per heavy atom. The third-order valence-corrected chi connectivity index (χ3v) is 3.55. The normalized spacial score (nSPS) is 22.2. The molecular weight excluding hydrogens is 198 g/mol. The maximum atomic E-state index is 9.83. The highest BCUT2D eigenvalue weighted by atomic mass is 16.3. The van der Waals surface area contributed by atoms with Gasteiger partial charge in [0.1, 0.15) is 5.75 Å². The van der Waals surface area contributed by atoms with E-state index < -0.39 is 0 Å². The Morgan fingerprint density at radius 2 is 2.19 bits per heavy atom. The Labute approximate surface area is 97.9 Å². The summed E-state index contributed by atoms with van der Waals surface area (Å²) in [7, 11) is 0. The molecule has 2 rings (SSSR count). The number of piperidine rings is 1.